The highest BCUT2D eigenvalue weighted by Crippen LogP contribution is 2.14. The minimum atomic E-state index is 0.563. The molecule has 0 heterocycles. The molecule has 0 atom stereocenters. The van der Waals surface area contributed by atoms with Crippen molar-refractivity contribution >= 4 is 18.0 Å². The van der Waals surface area contributed by atoms with Gasteiger partial charge < -0.3 is 0 Å². The first-order chi connectivity index (χ1) is 6.76. The van der Waals surface area contributed by atoms with Crippen molar-refractivity contribution in [3.8, 4) is 0 Å². The fourth-order valence-corrected chi connectivity index (χ4v) is 0.986. The van der Waals surface area contributed by atoms with Crippen molar-refractivity contribution in [3.63, 3.8) is 0 Å². The van der Waals surface area contributed by atoms with Crippen molar-refractivity contribution in [2.45, 2.75) is 6.92 Å². The Morgan fingerprint density at radius 1 is 1.43 bits per heavy atom. The smallest absolute Gasteiger partial charge is 0.145 e. The maximum atomic E-state index is 10.3. The zero-order chi connectivity index (χ0) is 10.4. The van der Waals surface area contributed by atoms with Gasteiger partial charge in [-0.15, -0.1) is 0 Å². The number of hydrogen-bond donors (Lipinski definition) is 0. The summed E-state index contributed by atoms with van der Waals surface area (Å²) < 4.78 is 0. The van der Waals surface area contributed by atoms with Crippen LogP contribution < -0.4 is 0 Å². The molecular formula is C10H9N3O. The molecule has 0 aliphatic carbocycles. The Labute approximate surface area is 81.5 Å². The minimum Gasteiger partial charge on any atom is -0.298 e. The molecule has 0 spiro atoms. The van der Waals surface area contributed by atoms with Gasteiger partial charge in [-0.1, -0.05) is 29.4 Å². The molecule has 4 nitrogen and oxygen atoms in total. The van der Waals surface area contributed by atoms with E-state index < -0.39 is 0 Å². The third-order valence-corrected chi connectivity index (χ3v) is 1.63. The average Bonchev–Trinajstić information content (AvgIpc) is 2.21. The second kappa shape index (κ2) is 4.84. The molecule has 0 N–H and O–H groups in total. The van der Waals surface area contributed by atoms with Gasteiger partial charge >= 0.3 is 0 Å². The number of carbonyl (C=O) groups is 1. The maximum absolute atomic E-state index is 10.3. The van der Waals surface area contributed by atoms with Crippen LogP contribution in [0.25, 0.3) is 16.5 Å². The lowest BCUT2D eigenvalue weighted by atomic mass is 10.1. The van der Waals surface area contributed by atoms with E-state index >= 15 is 0 Å². The number of allylic oxidation sites excluding steroid dienone is 1. The van der Waals surface area contributed by atoms with E-state index in [9.17, 15) is 4.79 Å². The number of nitrogens with zero attached hydrogens (tertiary/aromatic N) is 3. The lowest BCUT2D eigenvalue weighted by Gasteiger charge is -1.94. The molecule has 0 aliphatic rings. The van der Waals surface area contributed by atoms with E-state index in [-0.39, 0.29) is 0 Å². The maximum Gasteiger partial charge on any atom is 0.145 e. The van der Waals surface area contributed by atoms with Crippen LogP contribution in [-0.2, 0) is 4.79 Å². The van der Waals surface area contributed by atoms with Crippen molar-refractivity contribution in [1.82, 2.24) is 0 Å². The van der Waals surface area contributed by atoms with E-state index in [0.717, 1.165) is 11.8 Å². The summed E-state index contributed by atoms with van der Waals surface area (Å²) in [5.74, 6) is 0. The largest absolute Gasteiger partial charge is 0.298 e. The highest BCUT2D eigenvalue weighted by molar-refractivity contribution is 5.80. The second-order valence-corrected chi connectivity index (χ2v) is 2.79. The van der Waals surface area contributed by atoms with Crippen LogP contribution in [0.4, 0.5) is 5.69 Å². The highest BCUT2D eigenvalue weighted by Gasteiger charge is 1.90. The van der Waals surface area contributed by atoms with Crippen LogP contribution >= 0.6 is 0 Å². The summed E-state index contributed by atoms with van der Waals surface area (Å²) in [5, 5.41) is 3.44. The van der Waals surface area contributed by atoms with Crippen LogP contribution in [0.15, 0.2) is 35.0 Å². The molecule has 1 rings (SSSR count). The quantitative estimate of drug-likeness (QED) is 0.235. The Balaban J connectivity index is 2.94. The van der Waals surface area contributed by atoms with E-state index in [2.05, 4.69) is 10.0 Å². The summed E-state index contributed by atoms with van der Waals surface area (Å²) in [4.78, 5) is 13.0. The first kappa shape index (κ1) is 10.0. The van der Waals surface area contributed by atoms with Crippen LogP contribution in [0.2, 0.25) is 0 Å². The lowest BCUT2D eigenvalue weighted by molar-refractivity contribution is -0.104. The molecule has 1 aromatic carbocycles. The molecule has 0 unspecified atom stereocenters. The highest BCUT2D eigenvalue weighted by atomic mass is 16.1. The van der Waals surface area contributed by atoms with Gasteiger partial charge in [0, 0.05) is 10.6 Å². The molecule has 4 heteroatoms. The van der Waals surface area contributed by atoms with E-state index in [1.54, 1.807) is 37.3 Å². The first-order valence-corrected chi connectivity index (χ1v) is 4.05. The molecule has 70 valence electrons. The van der Waals surface area contributed by atoms with E-state index in [0.29, 0.717) is 11.3 Å². The third kappa shape index (κ3) is 2.77. The summed E-state index contributed by atoms with van der Waals surface area (Å²) in [6.07, 6.45) is 2.55. The van der Waals surface area contributed by atoms with Crippen molar-refractivity contribution in [2.24, 2.45) is 5.11 Å². The molecule has 0 fully saturated rings. The summed E-state index contributed by atoms with van der Waals surface area (Å²) in [5.41, 5.74) is 10.3. The van der Waals surface area contributed by atoms with Gasteiger partial charge in [0.25, 0.3) is 0 Å². The zero-order valence-corrected chi connectivity index (χ0v) is 7.71. The third-order valence-electron chi connectivity index (χ3n) is 1.63. The average molecular weight is 187 g/mol. The topological polar surface area (TPSA) is 65.8 Å². The predicted molar refractivity (Wildman–Crippen MR) is 55.0 cm³/mol. The lowest BCUT2D eigenvalue weighted by Crippen LogP contribution is -1.76. The first-order valence-electron chi connectivity index (χ1n) is 4.05. The fraction of sp³-hybridized carbons (Fsp3) is 0.100. The van der Waals surface area contributed by atoms with Crippen molar-refractivity contribution < 1.29 is 4.79 Å². The van der Waals surface area contributed by atoms with E-state index in [1.165, 1.54) is 0 Å². The fourth-order valence-electron chi connectivity index (χ4n) is 0.986. The van der Waals surface area contributed by atoms with Gasteiger partial charge in [0.1, 0.15) is 6.29 Å². The SMILES string of the molecule is C/C(C=O)=C\c1ccc(N=[N+]=[N-])cc1. The molecule has 0 saturated carbocycles. The Morgan fingerprint density at radius 3 is 2.57 bits per heavy atom. The van der Waals surface area contributed by atoms with Crippen LogP contribution in [-0.4, -0.2) is 6.29 Å². The summed E-state index contributed by atoms with van der Waals surface area (Å²) in [6, 6.07) is 6.97. The van der Waals surface area contributed by atoms with E-state index in [4.69, 9.17) is 5.53 Å². The molecule has 0 saturated heterocycles. The predicted octanol–water partition coefficient (Wildman–Crippen LogP) is 3.23. The van der Waals surface area contributed by atoms with Crippen LogP contribution in [0.5, 0.6) is 0 Å². The number of carbonyl (C=O) groups excluding carboxylic acids is 1. The van der Waals surface area contributed by atoms with Gasteiger partial charge in [-0.3, -0.25) is 4.79 Å². The van der Waals surface area contributed by atoms with Gasteiger partial charge in [0.2, 0.25) is 0 Å². The summed E-state index contributed by atoms with van der Waals surface area (Å²) >= 11 is 0. The van der Waals surface area contributed by atoms with Crippen molar-refractivity contribution in [2.75, 3.05) is 0 Å². The second-order valence-electron chi connectivity index (χ2n) is 2.79. The minimum absolute atomic E-state index is 0.563. The number of azide groups is 1. The number of rotatable bonds is 3. The number of benzene rings is 1. The zero-order valence-electron chi connectivity index (χ0n) is 7.71. The molecule has 14 heavy (non-hydrogen) atoms. The van der Waals surface area contributed by atoms with Crippen LogP contribution in [0.1, 0.15) is 12.5 Å². The normalized spacial score (nSPS) is 10.5. The molecule has 0 bridgehead atoms. The Morgan fingerprint density at radius 2 is 2.07 bits per heavy atom. The van der Waals surface area contributed by atoms with Gasteiger partial charge in [0.05, 0.1) is 0 Å². The monoisotopic (exact) mass is 187 g/mol. The Hall–Kier alpha value is -2.06. The van der Waals surface area contributed by atoms with Gasteiger partial charge in [-0.05, 0) is 29.7 Å². The van der Waals surface area contributed by atoms with Crippen molar-refractivity contribution in [1.29, 1.82) is 0 Å². The van der Waals surface area contributed by atoms with E-state index in [1.807, 2.05) is 0 Å². The van der Waals surface area contributed by atoms with Crippen LogP contribution in [0, 0.1) is 0 Å². The van der Waals surface area contributed by atoms with Gasteiger partial charge in [0.15, 0.2) is 0 Å². The molecule has 0 aromatic heterocycles. The Bertz CT molecular complexity index is 400. The molecule has 0 radical (unpaired) electrons. The standard InChI is InChI=1S/C10H9N3O/c1-8(7-14)6-9-2-4-10(5-3-9)12-13-11/h2-7H,1H3/b8-6+. The molecular weight excluding hydrogens is 178 g/mol. The molecule has 1 aromatic rings. The van der Waals surface area contributed by atoms with Crippen molar-refractivity contribution in [3.05, 3.63) is 45.8 Å². The van der Waals surface area contributed by atoms with Gasteiger partial charge in [-0.25, -0.2) is 0 Å². The number of hydrogen-bond acceptors (Lipinski definition) is 2. The number of aldehydes is 1. The molecule has 0 aliphatic heterocycles. The summed E-state index contributed by atoms with van der Waals surface area (Å²) in [7, 11) is 0. The van der Waals surface area contributed by atoms with Gasteiger partial charge in [-0.2, -0.15) is 0 Å². The molecule has 0 amide bonds. The summed E-state index contributed by atoms with van der Waals surface area (Å²) in [6.45, 7) is 1.73. The Kier molecular flexibility index (Phi) is 3.47. The van der Waals surface area contributed by atoms with Crippen LogP contribution in [0.3, 0.4) is 0 Å².